The molecule has 0 radical (unpaired) electrons. The molecule has 1 heterocycles. The third kappa shape index (κ3) is 3.23. The van der Waals surface area contributed by atoms with E-state index in [1.54, 1.807) is 11.8 Å². The van der Waals surface area contributed by atoms with Gasteiger partial charge in [0.2, 0.25) is 5.91 Å². The number of alkyl halides is 2. The van der Waals surface area contributed by atoms with E-state index in [4.69, 9.17) is 28.9 Å². The van der Waals surface area contributed by atoms with Gasteiger partial charge in [-0.15, -0.1) is 33.4 Å². The molecule has 1 amide bonds. The van der Waals surface area contributed by atoms with Crippen LogP contribution in [-0.2, 0) is 11.2 Å². The molecule has 20 heavy (non-hydrogen) atoms. The number of aromatic nitrogens is 3. The van der Waals surface area contributed by atoms with Gasteiger partial charge < -0.3 is 10.3 Å². The lowest BCUT2D eigenvalue weighted by atomic mass is 10.3. The predicted octanol–water partition coefficient (Wildman–Crippen LogP) is 2.32. The van der Waals surface area contributed by atoms with E-state index in [-0.39, 0.29) is 5.91 Å². The van der Waals surface area contributed by atoms with Crippen molar-refractivity contribution in [2.75, 3.05) is 5.75 Å². The molecule has 0 saturated heterocycles. The molecule has 0 spiro atoms. The monoisotopic (exact) mass is 334 g/mol. The fourth-order valence-electron chi connectivity index (χ4n) is 2.14. The number of carbonyl (C=O) groups is 1. The first-order chi connectivity index (χ1) is 9.47. The Labute approximate surface area is 131 Å². The van der Waals surface area contributed by atoms with E-state index in [1.807, 2.05) is 0 Å². The zero-order valence-electron chi connectivity index (χ0n) is 10.9. The molecule has 2 saturated carbocycles. The maximum absolute atomic E-state index is 10.9. The van der Waals surface area contributed by atoms with Crippen LogP contribution in [0.4, 0.5) is 0 Å². The molecule has 1 aromatic rings. The highest BCUT2D eigenvalue weighted by molar-refractivity contribution is 7.99. The van der Waals surface area contributed by atoms with Gasteiger partial charge in [0.1, 0.15) is 10.2 Å². The molecule has 5 nitrogen and oxygen atoms in total. The minimum atomic E-state index is -0.549. The molecule has 1 aromatic heterocycles. The van der Waals surface area contributed by atoms with Gasteiger partial charge in [-0.25, -0.2) is 0 Å². The SMILES string of the molecule is NC(=O)CCc1nnc(SCC2CC2(Cl)Cl)n1C1CC1. The van der Waals surface area contributed by atoms with E-state index in [0.29, 0.717) is 24.8 Å². The first-order valence-electron chi connectivity index (χ1n) is 6.70. The summed E-state index contributed by atoms with van der Waals surface area (Å²) in [5.41, 5.74) is 5.19. The van der Waals surface area contributed by atoms with E-state index in [9.17, 15) is 4.79 Å². The highest BCUT2D eigenvalue weighted by Gasteiger charge is 2.51. The lowest BCUT2D eigenvalue weighted by Crippen LogP contribution is -2.13. The number of nitrogens with two attached hydrogens (primary N) is 1. The molecular formula is C12H16Cl2N4OS. The highest BCUT2D eigenvalue weighted by Crippen LogP contribution is 2.55. The van der Waals surface area contributed by atoms with Gasteiger partial charge in [0.25, 0.3) is 0 Å². The van der Waals surface area contributed by atoms with Crippen LogP contribution < -0.4 is 5.73 Å². The fourth-order valence-corrected chi connectivity index (χ4v) is 4.09. The van der Waals surface area contributed by atoms with Gasteiger partial charge in [-0.05, 0) is 19.3 Å². The molecule has 2 aliphatic carbocycles. The van der Waals surface area contributed by atoms with Crippen molar-refractivity contribution in [3.8, 4) is 0 Å². The van der Waals surface area contributed by atoms with E-state index < -0.39 is 4.33 Å². The summed E-state index contributed by atoms with van der Waals surface area (Å²) in [5.74, 6) is 1.73. The smallest absolute Gasteiger partial charge is 0.217 e. The number of hydrogen-bond acceptors (Lipinski definition) is 4. The quantitative estimate of drug-likeness (QED) is 0.613. The molecule has 0 aromatic carbocycles. The van der Waals surface area contributed by atoms with Gasteiger partial charge >= 0.3 is 0 Å². The van der Waals surface area contributed by atoms with Crippen molar-refractivity contribution in [3.05, 3.63) is 5.82 Å². The average molecular weight is 335 g/mol. The second kappa shape index (κ2) is 5.39. The van der Waals surface area contributed by atoms with Crippen LogP contribution in [-0.4, -0.2) is 30.8 Å². The van der Waals surface area contributed by atoms with Gasteiger partial charge in [-0.2, -0.15) is 0 Å². The molecule has 8 heteroatoms. The Morgan fingerprint density at radius 3 is 2.70 bits per heavy atom. The van der Waals surface area contributed by atoms with E-state index in [2.05, 4.69) is 14.8 Å². The summed E-state index contributed by atoms with van der Waals surface area (Å²) in [5, 5.41) is 9.35. The summed E-state index contributed by atoms with van der Waals surface area (Å²) in [7, 11) is 0. The molecule has 2 aliphatic rings. The molecule has 3 rings (SSSR count). The van der Waals surface area contributed by atoms with Gasteiger partial charge in [-0.1, -0.05) is 11.8 Å². The molecule has 1 atom stereocenters. The zero-order chi connectivity index (χ0) is 14.3. The van der Waals surface area contributed by atoms with Crippen molar-refractivity contribution in [2.45, 2.75) is 47.6 Å². The van der Waals surface area contributed by atoms with Crippen molar-refractivity contribution >= 4 is 40.9 Å². The Morgan fingerprint density at radius 1 is 1.45 bits per heavy atom. The number of aryl methyl sites for hydroxylation is 1. The van der Waals surface area contributed by atoms with Crippen LogP contribution in [0.25, 0.3) is 0 Å². The molecule has 1 unspecified atom stereocenters. The Bertz CT molecular complexity index is 530. The van der Waals surface area contributed by atoms with Crippen molar-refractivity contribution < 1.29 is 4.79 Å². The summed E-state index contributed by atoms with van der Waals surface area (Å²) < 4.78 is 1.60. The number of halogens is 2. The lowest BCUT2D eigenvalue weighted by Gasteiger charge is -2.08. The largest absolute Gasteiger partial charge is 0.370 e. The molecule has 0 aliphatic heterocycles. The number of hydrogen-bond donors (Lipinski definition) is 1. The summed E-state index contributed by atoms with van der Waals surface area (Å²) in [6.45, 7) is 0. The van der Waals surface area contributed by atoms with Crippen LogP contribution in [0.2, 0.25) is 0 Å². The number of rotatable bonds is 7. The van der Waals surface area contributed by atoms with Crippen LogP contribution in [0, 0.1) is 5.92 Å². The molecule has 0 bridgehead atoms. The first kappa shape index (κ1) is 14.5. The van der Waals surface area contributed by atoms with E-state index >= 15 is 0 Å². The van der Waals surface area contributed by atoms with Crippen LogP contribution in [0.1, 0.15) is 37.5 Å². The predicted molar refractivity (Wildman–Crippen MR) is 79.1 cm³/mol. The minimum Gasteiger partial charge on any atom is -0.370 e. The van der Waals surface area contributed by atoms with Crippen molar-refractivity contribution in [1.29, 1.82) is 0 Å². The van der Waals surface area contributed by atoms with Gasteiger partial charge in [0.05, 0.1) is 0 Å². The normalized spacial score (nSPS) is 23.8. The Morgan fingerprint density at radius 2 is 2.15 bits per heavy atom. The van der Waals surface area contributed by atoms with Gasteiger partial charge in [0.15, 0.2) is 5.16 Å². The topological polar surface area (TPSA) is 73.8 Å². The summed E-state index contributed by atoms with van der Waals surface area (Å²) in [6, 6.07) is 0.478. The molecule has 110 valence electrons. The van der Waals surface area contributed by atoms with Gasteiger partial charge in [-0.3, -0.25) is 4.79 Å². The first-order valence-corrected chi connectivity index (χ1v) is 8.44. The molecule has 2 N–H and O–H groups in total. The second-order valence-corrected chi connectivity index (χ2v) is 7.97. The maximum Gasteiger partial charge on any atom is 0.217 e. The fraction of sp³-hybridized carbons (Fsp3) is 0.750. The minimum absolute atomic E-state index is 0.309. The van der Waals surface area contributed by atoms with Gasteiger partial charge in [0, 0.05) is 30.6 Å². The number of thioether (sulfide) groups is 1. The van der Waals surface area contributed by atoms with Crippen molar-refractivity contribution in [3.63, 3.8) is 0 Å². The van der Waals surface area contributed by atoms with Crippen LogP contribution >= 0.6 is 35.0 Å². The van der Waals surface area contributed by atoms with Crippen LogP contribution in [0.5, 0.6) is 0 Å². The number of carbonyl (C=O) groups excluding carboxylic acids is 1. The standard InChI is InChI=1S/C12H16Cl2N4OS/c13-12(14)5-7(12)6-20-11-17-16-10(4-3-9(15)19)18(11)8-1-2-8/h7-8H,1-6H2,(H2,15,19). The third-order valence-corrected chi connectivity index (χ3v) is 5.64. The zero-order valence-corrected chi connectivity index (χ0v) is 13.2. The van der Waals surface area contributed by atoms with Crippen LogP contribution in [0.15, 0.2) is 5.16 Å². The van der Waals surface area contributed by atoms with E-state index in [0.717, 1.165) is 36.0 Å². The Kier molecular flexibility index (Phi) is 3.90. The Balaban J connectivity index is 1.66. The lowest BCUT2D eigenvalue weighted by molar-refractivity contribution is -0.118. The van der Waals surface area contributed by atoms with Crippen molar-refractivity contribution in [1.82, 2.24) is 14.8 Å². The Hall–Kier alpha value is -0.460. The second-order valence-electron chi connectivity index (χ2n) is 5.44. The summed E-state index contributed by atoms with van der Waals surface area (Å²) in [4.78, 5) is 10.9. The molecular weight excluding hydrogens is 319 g/mol. The number of amides is 1. The number of nitrogens with zero attached hydrogens (tertiary/aromatic N) is 3. The number of primary amides is 1. The summed E-state index contributed by atoms with van der Waals surface area (Å²) >= 11 is 13.7. The average Bonchev–Trinajstić information content (AvgIpc) is 3.26. The third-order valence-electron chi connectivity index (χ3n) is 3.61. The van der Waals surface area contributed by atoms with Crippen molar-refractivity contribution in [2.24, 2.45) is 11.7 Å². The van der Waals surface area contributed by atoms with Crippen LogP contribution in [0.3, 0.4) is 0 Å². The highest BCUT2D eigenvalue weighted by atomic mass is 35.5. The van der Waals surface area contributed by atoms with E-state index in [1.165, 1.54) is 0 Å². The molecule has 2 fully saturated rings. The maximum atomic E-state index is 10.9. The summed E-state index contributed by atoms with van der Waals surface area (Å²) in [6.07, 6.45) is 4.00.